The van der Waals surface area contributed by atoms with Crippen LogP contribution in [0.3, 0.4) is 0 Å². The normalized spacial score (nSPS) is 16.3. The molecule has 1 aliphatic rings. The zero-order valence-corrected chi connectivity index (χ0v) is 11.8. The van der Waals surface area contributed by atoms with Gasteiger partial charge in [0.2, 0.25) is 0 Å². The van der Waals surface area contributed by atoms with Gasteiger partial charge in [0.25, 0.3) is 5.91 Å². The molecule has 0 aliphatic carbocycles. The van der Waals surface area contributed by atoms with Crippen molar-refractivity contribution in [1.82, 2.24) is 9.88 Å². The van der Waals surface area contributed by atoms with Crippen LogP contribution in [-0.2, 0) is 0 Å². The van der Waals surface area contributed by atoms with Gasteiger partial charge in [-0.2, -0.15) is 11.3 Å². The van der Waals surface area contributed by atoms with E-state index in [0.717, 1.165) is 25.9 Å². The van der Waals surface area contributed by atoms with Gasteiger partial charge in [-0.25, -0.2) is 0 Å². The van der Waals surface area contributed by atoms with Crippen molar-refractivity contribution in [3.8, 4) is 5.75 Å². The number of likely N-dealkylation sites (tertiary alicyclic amines) is 1. The van der Waals surface area contributed by atoms with Gasteiger partial charge < -0.3 is 10.0 Å². The Morgan fingerprint density at radius 3 is 2.80 bits per heavy atom. The predicted octanol–water partition coefficient (Wildman–Crippen LogP) is 2.87. The van der Waals surface area contributed by atoms with Crippen LogP contribution in [0.25, 0.3) is 0 Å². The lowest BCUT2D eigenvalue weighted by Gasteiger charge is -2.31. The first kappa shape index (κ1) is 13.1. The summed E-state index contributed by atoms with van der Waals surface area (Å²) in [6.45, 7) is 1.52. The molecule has 0 radical (unpaired) electrons. The maximum absolute atomic E-state index is 12.3. The summed E-state index contributed by atoms with van der Waals surface area (Å²) in [6.07, 6.45) is 4.83. The van der Waals surface area contributed by atoms with Crippen molar-refractivity contribution in [2.45, 2.75) is 18.8 Å². The number of hydrogen-bond acceptors (Lipinski definition) is 4. The monoisotopic (exact) mass is 288 g/mol. The minimum absolute atomic E-state index is 0.0315. The minimum atomic E-state index is -0.0443. The summed E-state index contributed by atoms with van der Waals surface area (Å²) in [4.78, 5) is 18.0. The van der Waals surface area contributed by atoms with Crippen LogP contribution >= 0.6 is 11.3 Å². The molecule has 2 aromatic rings. The van der Waals surface area contributed by atoms with E-state index in [1.165, 1.54) is 24.0 Å². The molecule has 3 heterocycles. The van der Waals surface area contributed by atoms with E-state index in [4.69, 9.17) is 0 Å². The average Bonchev–Trinajstić information content (AvgIpc) is 3.01. The van der Waals surface area contributed by atoms with Crippen LogP contribution in [0.2, 0.25) is 0 Å². The van der Waals surface area contributed by atoms with Crippen LogP contribution < -0.4 is 0 Å². The first-order chi connectivity index (χ1) is 9.74. The Kier molecular flexibility index (Phi) is 3.69. The van der Waals surface area contributed by atoms with Crippen LogP contribution in [0.15, 0.2) is 35.3 Å². The number of hydrogen-bond donors (Lipinski definition) is 1. The molecule has 5 heteroatoms. The molecule has 4 nitrogen and oxygen atoms in total. The smallest absolute Gasteiger partial charge is 0.255 e. The molecule has 20 heavy (non-hydrogen) atoms. The lowest BCUT2D eigenvalue weighted by molar-refractivity contribution is 0.0712. The van der Waals surface area contributed by atoms with E-state index in [1.807, 2.05) is 4.90 Å². The van der Waals surface area contributed by atoms with Gasteiger partial charge in [0.15, 0.2) is 0 Å². The molecule has 2 aromatic heterocycles. The van der Waals surface area contributed by atoms with Crippen molar-refractivity contribution in [1.29, 1.82) is 0 Å². The second kappa shape index (κ2) is 5.63. The van der Waals surface area contributed by atoms with Crippen molar-refractivity contribution in [3.05, 3.63) is 46.4 Å². The number of amides is 1. The largest absolute Gasteiger partial charge is 0.506 e. The number of aromatic hydroxyl groups is 1. The molecule has 3 rings (SSSR count). The molecular formula is C15H16N2O2S. The SMILES string of the molecule is O=C(c1cncc(O)c1)N1CCC(c2ccsc2)CC1. The number of thiophene rings is 1. The van der Waals surface area contributed by atoms with Crippen molar-refractivity contribution >= 4 is 17.2 Å². The Morgan fingerprint density at radius 2 is 2.15 bits per heavy atom. The zero-order chi connectivity index (χ0) is 13.9. The summed E-state index contributed by atoms with van der Waals surface area (Å²) in [7, 11) is 0. The summed E-state index contributed by atoms with van der Waals surface area (Å²) < 4.78 is 0. The Hall–Kier alpha value is -1.88. The van der Waals surface area contributed by atoms with Gasteiger partial charge in [-0.1, -0.05) is 0 Å². The van der Waals surface area contributed by atoms with Crippen LogP contribution in [-0.4, -0.2) is 34.0 Å². The van der Waals surface area contributed by atoms with E-state index in [1.54, 1.807) is 11.3 Å². The van der Waals surface area contributed by atoms with Crippen LogP contribution in [0.1, 0.15) is 34.7 Å². The molecule has 0 saturated carbocycles. The number of piperidine rings is 1. The third-order valence-corrected chi connectivity index (χ3v) is 4.47. The van der Waals surface area contributed by atoms with Gasteiger partial charge in [0.05, 0.1) is 11.8 Å². The number of aromatic nitrogens is 1. The highest BCUT2D eigenvalue weighted by Gasteiger charge is 2.24. The molecule has 104 valence electrons. The zero-order valence-electron chi connectivity index (χ0n) is 11.0. The fourth-order valence-corrected chi connectivity index (χ4v) is 3.39. The first-order valence-corrected chi connectivity index (χ1v) is 7.63. The second-order valence-corrected chi connectivity index (χ2v) is 5.84. The van der Waals surface area contributed by atoms with Gasteiger partial charge in [0, 0.05) is 19.3 Å². The molecule has 0 spiro atoms. The summed E-state index contributed by atoms with van der Waals surface area (Å²) >= 11 is 1.72. The van der Waals surface area contributed by atoms with Gasteiger partial charge in [-0.3, -0.25) is 9.78 Å². The number of pyridine rings is 1. The molecular weight excluding hydrogens is 272 g/mol. The number of carbonyl (C=O) groups excluding carboxylic acids is 1. The third kappa shape index (κ3) is 2.67. The van der Waals surface area contributed by atoms with Gasteiger partial charge >= 0.3 is 0 Å². The number of rotatable bonds is 2. The van der Waals surface area contributed by atoms with Gasteiger partial charge in [-0.05, 0) is 47.2 Å². The van der Waals surface area contributed by atoms with Gasteiger partial charge in [-0.15, -0.1) is 0 Å². The molecule has 1 aliphatic heterocycles. The quantitative estimate of drug-likeness (QED) is 0.924. The van der Waals surface area contributed by atoms with E-state index in [9.17, 15) is 9.90 Å². The maximum Gasteiger partial charge on any atom is 0.255 e. The molecule has 1 saturated heterocycles. The summed E-state index contributed by atoms with van der Waals surface area (Å²) in [5.41, 5.74) is 1.85. The Morgan fingerprint density at radius 1 is 1.35 bits per heavy atom. The van der Waals surface area contributed by atoms with E-state index in [2.05, 4.69) is 21.8 Å². The Labute approximate surface area is 121 Å². The summed E-state index contributed by atoms with van der Waals surface area (Å²) in [5.74, 6) is 0.550. The van der Waals surface area contributed by atoms with Crippen molar-refractivity contribution in [2.75, 3.05) is 13.1 Å². The number of carbonyl (C=O) groups is 1. The molecule has 0 unspecified atom stereocenters. The second-order valence-electron chi connectivity index (χ2n) is 5.05. The fraction of sp³-hybridized carbons (Fsp3) is 0.333. The highest BCUT2D eigenvalue weighted by Crippen LogP contribution is 2.30. The Balaban J connectivity index is 1.65. The molecule has 0 atom stereocenters. The van der Waals surface area contributed by atoms with Crippen LogP contribution in [0.4, 0.5) is 0 Å². The van der Waals surface area contributed by atoms with Crippen molar-refractivity contribution in [3.63, 3.8) is 0 Å². The fourth-order valence-electron chi connectivity index (χ4n) is 2.65. The summed E-state index contributed by atoms with van der Waals surface area (Å²) in [6, 6.07) is 3.65. The lowest BCUT2D eigenvalue weighted by atomic mass is 9.91. The average molecular weight is 288 g/mol. The molecule has 1 amide bonds. The predicted molar refractivity (Wildman–Crippen MR) is 78.1 cm³/mol. The van der Waals surface area contributed by atoms with Crippen LogP contribution in [0, 0.1) is 0 Å². The van der Waals surface area contributed by atoms with E-state index >= 15 is 0 Å². The van der Waals surface area contributed by atoms with Crippen molar-refractivity contribution < 1.29 is 9.90 Å². The minimum Gasteiger partial charge on any atom is -0.506 e. The lowest BCUT2D eigenvalue weighted by Crippen LogP contribution is -2.37. The van der Waals surface area contributed by atoms with Crippen molar-refractivity contribution in [2.24, 2.45) is 0 Å². The van der Waals surface area contributed by atoms with E-state index in [-0.39, 0.29) is 11.7 Å². The molecule has 1 N–H and O–H groups in total. The topological polar surface area (TPSA) is 53.4 Å². The highest BCUT2D eigenvalue weighted by atomic mass is 32.1. The van der Waals surface area contributed by atoms with Crippen LogP contribution in [0.5, 0.6) is 5.75 Å². The van der Waals surface area contributed by atoms with Gasteiger partial charge in [0.1, 0.15) is 5.75 Å². The number of nitrogens with zero attached hydrogens (tertiary/aromatic N) is 2. The molecule has 0 bridgehead atoms. The van der Waals surface area contributed by atoms with E-state index in [0.29, 0.717) is 11.5 Å². The maximum atomic E-state index is 12.3. The standard InChI is InChI=1S/C15H16N2O2S/c18-14-7-13(8-16-9-14)15(19)17-4-1-11(2-5-17)12-3-6-20-10-12/h3,6-11,18H,1-2,4-5H2. The first-order valence-electron chi connectivity index (χ1n) is 6.69. The third-order valence-electron chi connectivity index (χ3n) is 3.77. The Bertz CT molecular complexity index is 590. The highest BCUT2D eigenvalue weighted by molar-refractivity contribution is 7.07. The molecule has 1 fully saturated rings. The summed E-state index contributed by atoms with van der Waals surface area (Å²) in [5, 5.41) is 13.7. The van der Waals surface area contributed by atoms with E-state index < -0.39 is 0 Å². The molecule has 0 aromatic carbocycles.